The number of fused-ring (bicyclic) bond motifs is 2. The zero-order chi connectivity index (χ0) is 24.1. The van der Waals surface area contributed by atoms with Crippen molar-refractivity contribution in [3.8, 4) is 11.3 Å². The summed E-state index contributed by atoms with van der Waals surface area (Å²) in [6.07, 6.45) is 3.29. The molecule has 7 nitrogen and oxygen atoms in total. The number of pyridine rings is 1. The number of aryl methyl sites for hydroxylation is 2. The van der Waals surface area contributed by atoms with Crippen molar-refractivity contribution >= 4 is 16.9 Å². The van der Waals surface area contributed by atoms with Gasteiger partial charge in [0.05, 0.1) is 5.69 Å². The molecular formula is C27H34N4O3. The van der Waals surface area contributed by atoms with Crippen LogP contribution >= 0.6 is 0 Å². The Labute approximate surface area is 200 Å². The van der Waals surface area contributed by atoms with Gasteiger partial charge in [0.15, 0.2) is 0 Å². The van der Waals surface area contributed by atoms with Crippen molar-refractivity contribution in [2.24, 2.45) is 18.9 Å². The maximum atomic E-state index is 12.3. The highest BCUT2D eigenvalue weighted by molar-refractivity contribution is 5.89. The number of nitrogens with one attached hydrogen (secondary N) is 1. The molecule has 0 amide bonds. The standard InChI is InChI=1S/C27H34N4O3/c1-5-16-12-21(27(33)34)26(32)28-25(16)17-6-8-23-19(10-17)11-20(30(23)4)14-31-13-18-7-9-24(29(2)3)22(18)15-31/h6,8,10-12,18,22,24H,5,7,9,13-15H2,1-4H3,(H,28,32)(H,33,34)/t18?,22-,24+/m0/s1. The van der Waals surface area contributed by atoms with Crippen LogP contribution in [0.4, 0.5) is 0 Å². The summed E-state index contributed by atoms with van der Waals surface area (Å²) in [5, 5.41) is 10.4. The van der Waals surface area contributed by atoms with E-state index in [1.54, 1.807) is 0 Å². The van der Waals surface area contributed by atoms with Crippen LogP contribution in [0.3, 0.4) is 0 Å². The number of aromatic nitrogens is 2. The lowest BCUT2D eigenvalue weighted by Gasteiger charge is -2.26. The smallest absolute Gasteiger partial charge is 0.341 e. The Balaban J connectivity index is 1.43. The highest BCUT2D eigenvalue weighted by Crippen LogP contribution is 2.40. The molecule has 1 saturated heterocycles. The highest BCUT2D eigenvalue weighted by Gasteiger charge is 2.43. The molecule has 2 N–H and O–H groups in total. The van der Waals surface area contributed by atoms with Crippen LogP contribution in [-0.4, -0.2) is 63.7 Å². The molecule has 180 valence electrons. The minimum Gasteiger partial charge on any atom is -0.477 e. The van der Waals surface area contributed by atoms with Crippen molar-refractivity contribution < 1.29 is 9.90 Å². The summed E-state index contributed by atoms with van der Waals surface area (Å²) >= 11 is 0. The van der Waals surface area contributed by atoms with Gasteiger partial charge in [-0.1, -0.05) is 13.0 Å². The molecule has 1 saturated carbocycles. The van der Waals surface area contributed by atoms with Crippen LogP contribution < -0.4 is 5.56 Å². The van der Waals surface area contributed by atoms with E-state index in [1.807, 2.05) is 13.0 Å². The summed E-state index contributed by atoms with van der Waals surface area (Å²) in [5.74, 6) is 0.384. The molecule has 1 aliphatic carbocycles. The average molecular weight is 463 g/mol. The molecular weight excluding hydrogens is 428 g/mol. The van der Waals surface area contributed by atoms with Crippen LogP contribution in [0.15, 0.2) is 35.1 Å². The molecule has 3 heterocycles. The topological polar surface area (TPSA) is 81.6 Å². The van der Waals surface area contributed by atoms with Crippen LogP contribution in [0.2, 0.25) is 0 Å². The number of nitrogens with zero attached hydrogens (tertiary/aromatic N) is 3. The quantitative estimate of drug-likeness (QED) is 0.585. The molecule has 34 heavy (non-hydrogen) atoms. The SMILES string of the molecule is CCc1cc(C(=O)O)c(=O)[nH]c1-c1ccc2c(c1)cc(CN1CC3CC[C@@H](N(C)C)[C@H]3C1)n2C. The minimum absolute atomic E-state index is 0.212. The van der Waals surface area contributed by atoms with Gasteiger partial charge >= 0.3 is 5.97 Å². The Hall–Kier alpha value is -2.90. The lowest BCUT2D eigenvalue weighted by Crippen LogP contribution is -2.34. The fraction of sp³-hybridized carbons (Fsp3) is 0.481. The first-order chi connectivity index (χ1) is 16.3. The molecule has 2 aliphatic rings. The average Bonchev–Trinajstić information content (AvgIpc) is 3.46. The van der Waals surface area contributed by atoms with Crippen LogP contribution in [0.25, 0.3) is 22.2 Å². The third-order valence-corrected chi connectivity index (χ3v) is 8.11. The molecule has 0 bridgehead atoms. The van der Waals surface area contributed by atoms with E-state index >= 15 is 0 Å². The number of carboxylic acids is 1. The first-order valence-electron chi connectivity index (χ1n) is 12.2. The number of aromatic carboxylic acids is 1. The van der Waals surface area contributed by atoms with Crippen molar-refractivity contribution in [3.05, 3.63) is 57.5 Å². The van der Waals surface area contributed by atoms with Crippen molar-refractivity contribution in [3.63, 3.8) is 0 Å². The predicted octanol–water partition coefficient (Wildman–Crippen LogP) is 3.57. The number of hydrogen-bond donors (Lipinski definition) is 2. The van der Waals surface area contributed by atoms with Gasteiger partial charge in [-0.2, -0.15) is 0 Å². The van der Waals surface area contributed by atoms with Gasteiger partial charge in [0.25, 0.3) is 5.56 Å². The molecule has 0 radical (unpaired) electrons. The van der Waals surface area contributed by atoms with E-state index in [4.69, 9.17) is 0 Å². The fourth-order valence-corrected chi connectivity index (χ4v) is 6.31. The van der Waals surface area contributed by atoms with Gasteiger partial charge in [-0.3, -0.25) is 9.69 Å². The maximum Gasteiger partial charge on any atom is 0.341 e. The summed E-state index contributed by atoms with van der Waals surface area (Å²) in [6, 6.07) is 10.7. The summed E-state index contributed by atoms with van der Waals surface area (Å²) < 4.78 is 2.27. The van der Waals surface area contributed by atoms with Gasteiger partial charge in [-0.15, -0.1) is 0 Å². The molecule has 1 aliphatic heterocycles. The second-order valence-corrected chi connectivity index (χ2v) is 10.3. The number of benzene rings is 1. The van der Waals surface area contributed by atoms with Crippen molar-refractivity contribution in [2.75, 3.05) is 27.2 Å². The van der Waals surface area contributed by atoms with E-state index in [9.17, 15) is 14.7 Å². The van der Waals surface area contributed by atoms with Gasteiger partial charge in [0.2, 0.25) is 0 Å². The normalized spacial score (nSPS) is 22.7. The Morgan fingerprint density at radius 1 is 1.18 bits per heavy atom. The monoisotopic (exact) mass is 462 g/mol. The molecule has 0 spiro atoms. The minimum atomic E-state index is -1.20. The van der Waals surface area contributed by atoms with E-state index in [1.165, 1.54) is 31.1 Å². The molecule has 3 atom stereocenters. The zero-order valence-corrected chi connectivity index (χ0v) is 20.5. The molecule has 2 aromatic heterocycles. The first-order valence-corrected chi connectivity index (χ1v) is 12.2. The van der Waals surface area contributed by atoms with Crippen molar-refractivity contribution in [1.29, 1.82) is 0 Å². The maximum absolute atomic E-state index is 12.3. The van der Waals surface area contributed by atoms with Gasteiger partial charge in [0, 0.05) is 49.3 Å². The van der Waals surface area contributed by atoms with E-state index in [2.05, 4.69) is 58.7 Å². The number of likely N-dealkylation sites (tertiary alicyclic amines) is 1. The van der Waals surface area contributed by atoms with E-state index in [0.29, 0.717) is 18.2 Å². The van der Waals surface area contributed by atoms with Gasteiger partial charge in [-0.25, -0.2) is 4.79 Å². The second-order valence-electron chi connectivity index (χ2n) is 10.3. The Morgan fingerprint density at radius 3 is 2.68 bits per heavy atom. The van der Waals surface area contributed by atoms with Crippen LogP contribution in [0, 0.1) is 11.8 Å². The first kappa shape index (κ1) is 22.9. The number of carboxylic acid groups (broad SMARTS) is 1. The molecule has 1 aromatic carbocycles. The summed E-state index contributed by atoms with van der Waals surface area (Å²) in [7, 11) is 6.55. The van der Waals surface area contributed by atoms with Gasteiger partial charge < -0.3 is 19.6 Å². The summed E-state index contributed by atoms with van der Waals surface area (Å²) in [4.78, 5) is 31.6. The number of aromatic amines is 1. The summed E-state index contributed by atoms with van der Waals surface area (Å²) in [6.45, 7) is 5.25. The van der Waals surface area contributed by atoms with Crippen LogP contribution in [0.5, 0.6) is 0 Å². The van der Waals surface area contributed by atoms with Crippen molar-refractivity contribution in [1.82, 2.24) is 19.4 Å². The van der Waals surface area contributed by atoms with Crippen molar-refractivity contribution in [2.45, 2.75) is 38.8 Å². The van der Waals surface area contributed by atoms with E-state index in [-0.39, 0.29) is 5.56 Å². The molecule has 1 unspecified atom stereocenters. The van der Waals surface area contributed by atoms with E-state index < -0.39 is 11.5 Å². The lowest BCUT2D eigenvalue weighted by atomic mass is 9.97. The molecule has 2 fully saturated rings. The third-order valence-electron chi connectivity index (χ3n) is 8.11. The largest absolute Gasteiger partial charge is 0.477 e. The third kappa shape index (κ3) is 3.87. The lowest BCUT2D eigenvalue weighted by molar-refractivity contribution is 0.0695. The Bertz CT molecular complexity index is 1310. The second kappa shape index (κ2) is 8.71. The Kier molecular flexibility index (Phi) is 5.86. The zero-order valence-electron chi connectivity index (χ0n) is 20.5. The van der Waals surface area contributed by atoms with Crippen LogP contribution in [0.1, 0.15) is 41.4 Å². The number of H-pyrrole nitrogens is 1. The van der Waals surface area contributed by atoms with E-state index in [0.717, 1.165) is 47.0 Å². The highest BCUT2D eigenvalue weighted by atomic mass is 16.4. The number of hydrogen-bond acceptors (Lipinski definition) is 4. The molecule has 7 heteroatoms. The fourth-order valence-electron chi connectivity index (χ4n) is 6.31. The Morgan fingerprint density at radius 2 is 1.97 bits per heavy atom. The predicted molar refractivity (Wildman–Crippen MR) is 134 cm³/mol. The number of carbonyl (C=O) groups is 1. The van der Waals surface area contributed by atoms with Gasteiger partial charge in [0.1, 0.15) is 5.56 Å². The van der Waals surface area contributed by atoms with Crippen LogP contribution in [-0.2, 0) is 20.0 Å². The van der Waals surface area contributed by atoms with Gasteiger partial charge in [-0.05, 0) is 80.6 Å². The summed E-state index contributed by atoms with van der Waals surface area (Å²) in [5.41, 5.74) is 4.10. The molecule has 5 rings (SSSR count). The molecule has 3 aromatic rings. The number of rotatable bonds is 6.